The largest absolute Gasteiger partial charge is 0.390 e. The van der Waals surface area contributed by atoms with E-state index in [1.165, 1.54) is 10.6 Å². The first-order valence-corrected chi connectivity index (χ1v) is 11.6. The van der Waals surface area contributed by atoms with E-state index < -0.39 is 40.3 Å². The second-order valence-corrected chi connectivity index (χ2v) is 13.1. The predicted molar refractivity (Wildman–Crippen MR) is 101 cm³/mol. The Bertz CT molecular complexity index is 519. The number of aliphatic hydroxyl groups excluding tert-OH is 4. The van der Waals surface area contributed by atoms with Crippen molar-refractivity contribution in [3.63, 3.8) is 0 Å². The maximum Gasteiger partial charge on any atom is 0.0872 e. The van der Waals surface area contributed by atoms with Crippen molar-refractivity contribution in [1.29, 1.82) is 0 Å². The molecule has 6 heteroatoms. The summed E-state index contributed by atoms with van der Waals surface area (Å²) in [7, 11) is -1.38. The minimum Gasteiger partial charge on any atom is -0.390 e. The molecule has 0 aromatic heterocycles. The lowest BCUT2D eigenvalue weighted by molar-refractivity contribution is 0.0327. The Balaban J connectivity index is 2.04. The van der Waals surface area contributed by atoms with Gasteiger partial charge in [-0.2, -0.15) is 0 Å². The van der Waals surface area contributed by atoms with Gasteiger partial charge in [0.1, 0.15) is 0 Å². The van der Waals surface area contributed by atoms with Crippen molar-refractivity contribution >= 4 is 26.5 Å². The van der Waals surface area contributed by atoms with Crippen LogP contribution < -0.4 is 10.6 Å². The first-order chi connectivity index (χ1) is 11.3. The monoisotopic (exact) mass is 370 g/mol. The molecular formula is C18H28O4P2. The fourth-order valence-corrected chi connectivity index (χ4v) is 11.5. The van der Waals surface area contributed by atoms with Crippen molar-refractivity contribution in [1.82, 2.24) is 0 Å². The van der Waals surface area contributed by atoms with Crippen LogP contribution in [0.15, 0.2) is 24.3 Å². The second-order valence-electron chi connectivity index (χ2n) is 7.23. The number of hydrogen-bond acceptors (Lipinski definition) is 4. The van der Waals surface area contributed by atoms with Gasteiger partial charge in [-0.3, -0.25) is 0 Å². The van der Waals surface area contributed by atoms with E-state index >= 15 is 0 Å². The van der Waals surface area contributed by atoms with Gasteiger partial charge in [-0.25, -0.2) is 0 Å². The summed E-state index contributed by atoms with van der Waals surface area (Å²) in [6.07, 6.45) is -2.72. The van der Waals surface area contributed by atoms with Crippen LogP contribution in [0.5, 0.6) is 0 Å². The minimum atomic E-state index is -0.692. The Kier molecular flexibility index (Phi) is 5.39. The van der Waals surface area contributed by atoms with Crippen molar-refractivity contribution < 1.29 is 20.4 Å². The van der Waals surface area contributed by atoms with Crippen LogP contribution in [-0.4, -0.2) is 67.5 Å². The van der Waals surface area contributed by atoms with Crippen molar-refractivity contribution in [2.45, 2.75) is 74.7 Å². The molecule has 2 unspecified atom stereocenters. The minimum absolute atomic E-state index is 0.0456. The highest BCUT2D eigenvalue weighted by Gasteiger charge is 2.49. The molecule has 2 saturated heterocycles. The molecule has 9 atom stereocenters. The standard InChI is InChI=1S/C18H28O4P2/c1-9-15(19)16(20)10(2)23(9)13-7-5-6-8-14(13)24-11(3)17(21)18(22)12(24)4/h5-12,15-22H,1-4H3/t9-,10-,11-,12-,15+,16+,17+,18?,24?/m0/s1. The van der Waals surface area contributed by atoms with E-state index in [9.17, 15) is 20.4 Å². The molecule has 24 heavy (non-hydrogen) atoms. The van der Waals surface area contributed by atoms with Crippen molar-refractivity contribution in [3.8, 4) is 0 Å². The summed E-state index contributed by atoms with van der Waals surface area (Å²) in [5, 5.41) is 43.7. The summed E-state index contributed by atoms with van der Waals surface area (Å²) in [5.74, 6) is 0. The highest BCUT2D eigenvalue weighted by Crippen LogP contribution is 2.59. The molecule has 0 spiro atoms. The van der Waals surface area contributed by atoms with Gasteiger partial charge in [0.2, 0.25) is 0 Å². The second kappa shape index (κ2) is 6.91. The summed E-state index contributed by atoms with van der Waals surface area (Å²) in [6, 6.07) is 8.28. The summed E-state index contributed by atoms with van der Waals surface area (Å²) < 4.78 is 0. The predicted octanol–water partition coefficient (Wildman–Crippen LogP) is 0.926. The van der Waals surface area contributed by atoms with Gasteiger partial charge < -0.3 is 20.4 Å². The summed E-state index contributed by atoms with van der Waals surface area (Å²) in [5.41, 5.74) is 0.182. The van der Waals surface area contributed by atoms with E-state index in [4.69, 9.17) is 0 Å². The van der Waals surface area contributed by atoms with Gasteiger partial charge in [-0.05, 0) is 10.6 Å². The third kappa shape index (κ3) is 2.76. The maximum atomic E-state index is 10.3. The van der Waals surface area contributed by atoms with Gasteiger partial charge in [0.05, 0.1) is 24.4 Å². The lowest BCUT2D eigenvalue weighted by Gasteiger charge is -2.30. The van der Waals surface area contributed by atoms with Gasteiger partial charge in [0.25, 0.3) is 0 Å². The van der Waals surface area contributed by atoms with Crippen molar-refractivity contribution in [2.75, 3.05) is 0 Å². The van der Waals surface area contributed by atoms with Crippen LogP contribution in [0.3, 0.4) is 0 Å². The number of hydrogen-bond donors (Lipinski definition) is 4. The first kappa shape index (κ1) is 18.7. The average Bonchev–Trinajstić information content (AvgIpc) is 2.88. The average molecular weight is 370 g/mol. The Labute approximate surface area is 146 Å². The third-order valence-corrected chi connectivity index (χ3v) is 12.7. The molecule has 134 valence electrons. The number of aliphatic hydroxyl groups is 4. The van der Waals surface area contributed by atoms with Gasteiger partial charge in [0.15, 0.2) is 0 Å². The van der Waals surface area contributed by atoms with Crippen LogP contribution in [0.2, 0.25) is 0 Å². The highest BCUT2D eigenvalue weighted by molar-refractivity contribution is 7.73. The Morgan fingerprint density at radius 1 is 0.583 bits per heavy atom. The molecule has 2 aliphatic rings. The molecule has 4 nitrogen and oxygen atoms in total. The highest BCUT2D eigenvalue weighted by atomic mass is 31.1. The number of rotatable bonds is 2. The molecule has 0 amide bonds. The zero-order valence-corrected chi connectivity index (χ0v) is 16.4. The summed E-state index contributed by atoms with van der Waals surface area (Å²) in [4.78, 5) is 0. The molecule has 2 fully saturated rings. The van der Waals surface area contributed by atoms with Crippen molar-refractivity contribution in [2.24, 2.45) is 0 Å². The molecule has 1 aromatic rings. The van der Waals surface area contributed by atoms with Gasteiger partial charge in [-0.15, -0.1) is 0 Å². The van der Waals surface area contributed by atoms with Gasteiger partial charge in [0, 0.05) is 22.6 Å². The normalized spacial score (nSPS) is 48.8. The van der Waals surface area contributed by atoms with E-state index in [1.807, 2.05) is 39.8 Å². The summed E-state index contributed by atoms with van der Waals surface area (Å²) >= 11 is 0. The lowest BCUT2D eigenvalue weighted by Crippen LogP contribution is -2.30. The smallest absolute Gasteiger partial charge is 0.0872 e. The van der Waals surface area contributed by atoms with E-state index in [1.54, 1.807) is 0 Å². The summed E-state index contributed by atoms with van der Waals surface area (Å²) in [6.45, 7) is 8.10. The molecule has 0 bridgehead atoms. The van der Waals surface area contributed by atoms with E-state index in [0.717, 1.165) is 0 Å². The van der Waals surface area contributed by atoms with E-state index in [2.05, 4.69) is 12.1 Å². The van der Waals surface area contributed by atoms with Crippen LogP contribution >= 0.6 is 15.8 Å². The quantitative estimate of drug-likeness (QED) is 0.584. The molecule has 2 heterocycles. The molecular weight excluding hydrogens is 342 g/mol. The fourth-order valence-electron chi connectivity index (χ4n) is 4.32. The van der Waals surface area contributed by atoms with Crippen LogP contribution in [-0.2, 0) is 0 Å². The molecule has 3 rings (SSSR count). The molecule has 1 aromatic carbocycles. The van der Waals surface area contributed by atoms with Crippen LogP contribution in [0.25, 0.3) is 0 Å². The fraction of sp³-hybridized carbons (Fsp3) is 0.667. The van der Waals surface area contributed by atoms with Gasteiger partial charge >= 0.3 is 0 Å². The SMILES string of the molecule is C[C@H]1C(O)[C@H](O)[C@H](C)P1c1ccccc1P1[C@@H](C)[C@@H](O)[C@H](O)[C@@H]1C. The maximum absolute atomic E-state index is 10.3. The molecule has 0 aliphatic carbocycles. The van der Waals surface area contributed by atoms with E-state index in [0.29, 0.717) is 0 Å². The topological polar surface area (TPSA) is 80.9 Å². The first-order valence-electron chi connectivity index (χ1n) is 8.65. The molecule has 4 N–H and O–H groups in total. The van der Waals surface area contributed by atoms with Crippen LogP contribution in [0.4, 0.5) is 0 Å². The lowest BCUT2D eigenvalue weighted by atomic mass is 10.1. The Morgan fingerprint density at radius 3 is 1.08 bits per heavy atom. The zero-order valence-electron chi connectivity index (χ0n) is 14.6. The van der Waals surface area contributed by atoms with Gasteiger partial charge in [-0.1, -0.05) is 67.8 Å². The zero-order chi connectivity index (χ0) is 17.8. The molecule has 0 saturated carbocycles. The number of benzene rings is 1. The van der Waals surface area contributed by atoms with Crippen molar-refractivity contribution in [3.05, 3.63) is 24.3 Å². The van der Waals surface area contributed by atoms with E-state index in [-0.39, 0.29) is 22.6 Å². The van der Waals surface area contributed by atoms with Crippen LogP contribution in [0.1, 0.15) is 27.7 Å². The third-order valence-electron chi connectivity index (χ3n) is 5.87. The molecule has 2 aliphatic heterocycles. The van der Waals surface area contributed by atoms with Crippen LogP contribution in [0, 0.1) is 0 Å². The molecule has 0 radical (unpaired) electrons. The Hall–Kier alpha value is -0.0800. The Morgan fingerprint density at radius 2 is 0.833 bits per heavy atom.